The van der Waals surface area contributed by atoms with Crippen molar-refractivity contribution in [2.75, 3.05) is 12.3 Å². The molecule has 2 N–H and O–H groups in total. The van der Waals surface area contributed by atoms with Gasteiger partial charge >= 0.3 is 0 Å². The number of hydrogen-bond donors (Lipinski definition) is 1. The molecule has 0 bridgehead atoms. The highest BCUT2D eigenvalue weighted by Gasteiger charge is 1.96. The van der Waals surface area contributed by atoms with Crippen molar-refractivity contribution >= 4 is 17.2 Å². The topological polar surface area (TPSA) is 48.1 Å². The number of nitrogens with zero attached hydrogens (tertiary/aromatic N) is 1. The number of rotatable bonds is 3. The van der Waals surface area contributed by atoms with Crippen LogP contribution in [0.5, 0.6) is 0 Å². The lowest BCUT2D eigenvalue weighted by Crippen LogP contribution is -1.91. The first-order valence-electron chi connectivity index (χ1n) is 3.10. The monoisotopic (exact) mass is 158 g/mol. The zero-order valence-corrected chi connectivity index (χ0v) is 6.65. The summed E-state index contributed by atoms with van der Waals surface area (Å²) in [4.78, 5) is 4.02. The first-order chi connectivity index (χ1) is 4.83. The molecule has 0 radical (unpaired) electrons. The smallest absolute Gasteiger partial charge is 0.134 e. The summed E-state index contributed by atoms with van der Waals surface area (Å²) in [5.41, 5.74) is 5.39. The van der Waals surface area contributed by atoms with Crippen LogP contribution in [0.15, 0.2) is 5.38 Å². The Labute approximate surface area is 63.8 Å². The van der Waals surface area contributed by atoms with E-state index in [0.29, 0.717) is 12.4 Å². The molecule has 0 unspecified atom stereocenters. The first kappa shape index (κ1) is 7.50. The first-order valence-corrected chi connectivity index (χ1v) is 3.98. The summed E-state index contributed by atoms with van der Waals surface area (Å²) in [6, 6.07) is 0. The molecule has 0 saturated heterocycles. The molecule has 0 spiro atoms. The number of ether oxygens (including phenoxy) is 1. The lowest BCUT2D eigenvalue weighted by Gasteiger charge is -1.93. The summed E-state index contributed by atoms with van der Waals surface area (Å²) in [6.07, 6.45) is 0. The second kappa shape index (κ2) is 3.53. The van der Waals surface area contributed by atoms with E-state index in [1.54, 1.807) is 0 Å². The Balaban J connectivity index is 2.42. The van der Waals surface area contributed by atoms with Gasteiger partial charge in [0.2, 0.25) is 0 Å². The highest BCUT2D eigenvalue weighted by molar-refractivity contribution is 7.09. The van der Waals surface area contributed by atoms with E-state index in [1.807, 2.05) is 12.3 Å². The minimum absolute atomic E-state index is 0.582. The molecule has 1 rings (SSSR count). The Morgan fingerprint density at radius 3 is 3.10 bits per heavy atom. The van der Waals surface area contributed by atoms with Crippen molar-refractivity contribution in [2.24, 2.45) is 0 Å². The minimum Gasteiger partial charge on any atom is -0.383 e. The van der Waals surface area contributed by atoms with E-state index in [4.69, 9.17) is 10.5 Å². The molecule has 0 aliphatic rings. The third kappa shape index (κ3) is 1.97. The van der Waals surface area contributed by atoms with Gasteiger partial charge in [0, 0.05) is 12.0 Å². The van der Waals surface area contributed by atoms with Crippen LogP contribution in [0.1, 0.15) is 11.9 Å². The van der Waals surface area contributed by atoms with Gasteiger partial charge in [0.1, 0.15) is 10.8 Å². The van der Waals surface area contributed by atoms with Crippen molar-refractivity contribution in [2.45, 2.75) is 13.5 Å². The predicted molar refractivity (Wildman–Crippen MR) is 41.9 cm³/mol. The van der Waals surface area contributed by atoms with Crippen LogP contribution in [0.4, 0.5) is 5.82 Å². The fraction of sp³-hybridized carbons (Fsp3) is 0.500. The third-order valence-corrected chi connectivity index (χ3v) is 1.84. The van der Waals surface area contributed by atoms with E-state index in [9.17, 15) is 0 Å². The van der Waals surface area contributed by atoms with Gasteiger partial charge in [-0.1, -0.05) is 0 Å². The predicted octanol–water partition coefficient (Wildman–Crippen LogP) is 1.26. The fourth-order valence-electron chi connectivity index (χ4n) is 0.581. The van der Waals surface area contributed by atoms with Crippen LogP contribution >= 0.6 is 11.3 Å². The van der Waals surface area contributed by atoms with Crippen molar-refractivity contribution in [3.63, 3.8) is 0 Å². The molecule has 10 heavy (non-hydrogen) atoms. The maximum absolute atomic E-state index is 5.39. The van der Waals surface area contributed by atoms with Gasteiger partial charge in [-0.3, -0.25) is 0 Å². The fourth-order valence-corrected chi connectivity index (χ4v) is 1.20. The summed E-state index contributed by atoms with van der Waals surface area (Å²) < 4.78 is 5.13. The molecule has 0 fully saturated rings. The number of nitrogen functional groups attached to an aromatic ring is 1. The summed E-state index contributed by atoms with van der Waals surface area (Å²) in [5, 5.41) is 2.76. The quantitative estimate of drug-likeness (QED) is 0.720. The van der Waals surface area contributed by atoms with Gasteiger partial charge in [-0.2, -0.15) is 0 Å². The lowest BCUT2D eigenvalue weighted by atomic mass is 10.7. The van der Waals surface area contributed by atoms with Crippen molar-refractivity contribution in [1.82, 2.24) is 4.98 Å². The molecule has 0 amide bonds. The Kier molecular flexibility index (Phi) is 2.65. The van der Waals surface area contributed by atoms with E-state index in [0.717, 1.165) is 11.6 Å². The maximum Gasteiger partial charge on any atom is 0.134 e. The van der Waals surface area contributed by atoms with Gasteiger partial charge in [0.15, 0.2) is 0 Å². The molecule has 0 atom stereocenters. The van der Waals surface area contributed by atoms with Gasteiger partial charge in [-0.05, 0) is 6.92 Å². The molecular weight excluding hydrogens is 148 g/mol. The molecule has 0 saturated carbocycles. The second-order valence-electron chi connectivity index (χ2n) is 1.80. The number of thiazole rings is 1. The van der Waals surface area contributed by atoms with Crippen LogP contribution < -0.4 is 5.73 Å². The Morgan fingerprint density at radius 2 is 2.60 bits per heavy atom. The van der Waals surface area contributed by atoms with Gasteiger partial charge in [-0.15, -0.1) is 11.3 Å². The van der Waals surface area contributed by atoms with Crippen LogP contribution in [0.2, 0.25) is 0 Å². The number of nitrogens with two attached hydrogens (primary N) is 1. The minimum atomic E-state index is 0.582. The molecule has 3 nitrogen and oxygen atoms in total. The zero-order chi connectivity index (χ0) is 7.40. The standard InChI is InChI=1S/C6H10N2OS/c1-2-9-3-6-8-5(7)4-10-6/h4H,2-3,7H2,1H3. The largest absolute Gasteiger partial charge is 0.383 e. The van der Waals surface area contributed by atoms with Crippen molar-refractivity contribution < 1.29 is 4.74 Å². The summed E-state index contributed by atoms with van der Waals surface area (Å²) in [6.45, 7) is 3.26. The Morgan fingerprint density at radius 1 is 1.80 bits per heavy atom. The normalized spacial score (nSPS) is 10.1. The van der Waals surface area contributed by atoms with Crippen LogP contribution in [0.25, 0.3) is 0 Å². The molecule has 1 heterocycles. The second-order valence-corrected chi connectivity index (χ2v) is 2.75. The number of hydrogen-bond acceptors (Lipinski definition) is 4. The average molecular weight is 158 g/mol. The SMILES string of the molecule is CCOCc1nc(N)cs1. The maximum atomic E-state index is 5.39. The van der Waals surface area contributed by atoms with Crippen LogP contribution in [-0.4, -0.2) is 11.6 Å². The van der Waals surface area contributed by atoms with Crippen molar-refractivity contribution in [3.05, 3.63) is 10.4 Å². The van der Waals surface area contributed by atoms with E-state index in [2.05, 4.69) is 4.98 Å². The highest BCUT2D eigenvalue weighted by Crippen LogP contribution is 2.11. The summed E-state index contributed by atoms with van der Waals surface area (Å²) in [5.74, 6) is 0.583. The molecule has 1 aromatic heterocycles. The summed E-state index contributed by atoms with van der Waals surface area (Å²) in [7, 11) is 0. The lowest BCUT2D eigenvalue weighted by molar-refractivity contribution is 0.134. The average Bonchev–Trinajstić information content (AvgIpc) is 2.31. The molecule has 0 aliphatic heterocycles. The molecule has 0 aliphatic carbocycles. The Hall–Kier alpha value is -0.610. The molecule has 0 aromatic carbocycles. The Bertz CT molecular complexity index is 199. The van der Waals surface area contributed by atoms with Crippen LogP contribution in [0.3, 0.4) is 0 Å². The van der Waals surface area contributed by atoms with Crippen LogP contribution in [-0.2, 0) is 11.3 Å². The van der Waals surface area contributed by atoms with E-state index in [-0.39, 0.29) is 0 Å². The number of aromatic nitrogens is 1. The zero-order valence-electron chi connectivity index (χ0n) is 5.83. The van der Waals surface area contributed by atoms with Gasteiger partial charge < -0.3 is 10.5 Å². The van der Waals surface area contributed by atoms with E-state index in [1.165, 1.54) is 11.3 Å². The third-order valence-electron chi connectivity index (χ3n) is 0.999. The van der Waals surface area contributed by atoms with Crippen LogP contribution in [0, 0.1) is 0 Å². The van der Waals surface area contributed by atoms with Gasteiger partial charge in [-0.25, -0.2) is 4.98 Å². The van der Waals surface area contributed by atoms with E-state index < -0.39 is 0 Å². The van der Waals surface area contributed by atoms with E-state index >= 15 is 0 Å². The van der Waals surface area contributed by atoms with Crippen molar-refractivity contribution in [3.8, 4) is 0 Å². The highest BCUT2D eigenvalue weighted by atomic mass is 32.1. The molecule has 56 valence electrons. The molecule has 4 heteroatoms. The van der Waals surface area contributed by atoms with Gasteiger partial charge in [0.25, 0.3) is 0 Å². The molecular formula is C6H10N2OS. The van der Waals surface area contributed by atoms with Crippen molar-refractivity contribution in [1.29, 1.82) is 0 Å². The van der Waals surface area contributed by atoms with Gasteiger partial charge in [0.05, 0.1) is 6.61 Å². The molecule has 1 aromatic rings. The summed E-state index contributed by atoms with van der Waals surface area (Å²) >= 11 is 1.53. The number of anilines is 1.